The molecule has 1 aromatic carbocycles. The van der Waals surface area contributed by atoms with E-state index in [0.29, 0.717) is 23.2 Å². The van der Waals surface area contributed by atoms with Crippen LogP contribution in [0, 0.1) is 13.8 Å². The number of carbonyl (C=O) groups is 1. The molecule has 0 bridgehead atoms. The fraction of sp³-hybridized carbons (Fsp3) is 0.286. The number of halogens is 2. The molecule has 0 amide bonds. The smallest absolute Gasteiger partial charge is 0.292 e. The summed E-state index contributed by atoms with van der Waals surface area (Å²) in [5, 5.41) is 4.00. The zero-order chi connectivity index (χ0) is 14.0. The number of hydrogen-bond donors (Lipinski definition) is 0. The largest absolute Gasteiger partial charge is 0.298 e. The monoisotopic (exact) mass is 264 g/mol. The van der Waals surface area contributed by atoms with Gasteiger partial charge in [0.15, 0.2) is 6.29 Å². The van der Waals surface area contributed by atoms with Crippen molar-refractivity contribution in [1.29, 1.82) is 0 Å². The first kappa shape index (κ1) is 13.4. The third-order valence-corrected chi connectivity index (χ3v) is 3.10. The molecule has 0 saturated carbocycles. The van der Waals surface area contributed by atoms with E-state index in [2.05, 4.69) is 5.10 Å². The second-order valence-electron chi connectivity index (χ2n) is 4.43. The van der Waals surface area contributed by atoms with Crippen LogP contribution in [0.2, 0.25) is 0 Å². The Morgan fingerprint density at radius 3 is 2.42 bits per heavy atom. The minimum absolute atomic E-state index is 0.0600. The first-order chi connectivity index (χ1) is 8.95. The molecule has 100 valence electrons. The second-order valence-corrected chi connectivity index (χ2v) is 4.43. The Balaban J connectivity index is 2.33. The van der Waals surface area contributed by atoms with Crippen molar-refractivity contribution in [3.8, 4) is 0 Å². The molecule has 0 saturated heterocycles. The van der Waals surface area contributed by atoms with E-state index in [1.54, 1.807) is 32.0 Å². The number of aldehydes is 1. The van der Waals surface area contributed by atoms with Gasteiger partial charge in [0.1, 0.15) is 6.54 Å². The molecule has 5 heteroatoms. The van der Waals surface area contributed by atoms with Crippen LogP contribution in [0.15, 0.2) is 30.3 Å². The fourth-order valence-corrected chi connectivity index (χ4v) is 2.00. The first-order valence-electron chi connectivity index (χ1n) is 5.88. The van der Waals surface area contributed by atoms with E-state index in [4.69, 9.17) is 0 Å². The average Bonchev–Trinajstić information content (AvgIpc) is 2.64. The maximum absolute atomic E-state index is 14.1. The number of hydrogen-bond acceptors (Lipinski definition) is 2. The van der Waals surface area contributed by atoms with Gasteiger partial charge in [-0.15, -0.1) is 0 Å². The predicted octanol–water partition coefficient (Wildman–Crippen LogP) is 3.10. The first-order valence-corrected chi connectivity index (χ1v) is 5.88. The lowest BCUT2D eigenvalue weighted by Crippen LogP contribution is -2.23. The molecule has 1 aromatic heterocycles. The minimum Gasteiger partial charge on any atom is -0.298 e. The third kappa shape index (κ3) is 2.54. The number of alkyl halides is 2. The average molecular weight is 264 g/mol. The number of benzene rings is 1. The Morgan fingerprint density at radius 2 is 1.89 bits per heavy atom. The topological polar surface area (TPSA) is 34.9 Å². The van der Waals surface area contributed by atoms with Gasteiger partial charge in [0.05, 0.1) is 11.3 Å². The fourth-order valence-electron chi connectivity index (χ4n) is 2.00. The summed E-state index contributed by atoms with van der Waals surface area (Å²) in [5.74, 6) is -3.02. The zero-order valence-electron chi connectivity index (χ0n) is 10.7. The normalized spacial score (nSPS) is 11.6. The van der Waals surface area contributed by atoms with Crippen LogP contribution < -0.4 is 0 Å². The molecule has 2 rings (SSSR count). The van der Waals surface area contributed by atoms with Crippen molar-refractivity contribution in [2.45, 2.75) is 26.3 Å². The van der Waals surface area contributed by atoms with E-state index in [0.717, 1.165) is 0 Å². The molecule has 0 unspecified atom stereocenters. The van der Waals surface area contributed by atoms with Crippen molar-refractivity contribution < 1.29 is 13.6 Å². The molecular formula is C14H14F2N2O. The molecule has 1 heterocycles. The van der Waals surface area contributed by atoms with Gasteiger partial charge >= 0.3 is 0 Å². The molecule has 0 aliphatic heterocycles. The summed E-state index contributed by atoms with van der Waals surface area (Å²) in [6, 6.07) is 7.59. The van der Waals surface area contributed by atoms with Crippen molar-refractivity contribution in [3.63, 3.8) is 0 Å². The zero-order valence-corrected chi connectivity index (χ0v) is 10.7. The van der Waals surface area contributed by atoms with Gasteiger partial charge in [0.2, 0.25) is 0 Å². The molecule has 0 atom stereocenters. The van der Waals surface area contributed by atoms with Crippen LogP contribution in [-0.4, -0.2) is 16.1 Å². The number of carbonyl (C=O) groups excluding carboxylic acids is 1. The maximum Gasteiger partial charge on any atom is 0.292 e. The molecule has 0 N–H and O–H groups in total. The van der Waals surface area contributed by atoms with Crippen LogP contribution in [0.25, 0.3) is 0 Å². The molecule has 2 aromatic rings. The standard InChI is InChI=1S/C14H14F2N2O/c1-10-13(8-19)11(2)18(17-10)9-14(15,16)12-6-4-3-5-7-12/h3-8H,9H2,1-2H3. The van der Waals surface area contributed by atoms with E-state index in [1.165, 1.54) is 16.8 Å². The molecule has 0 radical (unpaired) electrons. The van der Waals surface area contributed by atoms with E-state index < -0.39 is 12.5 Å². The van der Waals surface area contributed by atoms with Crippen LogP contribution >= 0.6 is 0 Å². The van der Waals surface area contributed by atoms with Crippen LogP contribution in [0.1, 0.15) is 27.3 Å². The van der Waals surface area contributed by atoms with Crippen molar-refractivity contribution in [1.82, 2.24) is 9.78 Å². The Bertz CT molecular complexity index is 591. The summed E-state index contributed by atoms with van der Waals surface area (Å²) in [6.07, 6.45) is 0.648. The minimum atomic E-state index is -3.02. The lowest BCUT2D eigenvalue weighted by molar-refractivity contribution is -0.0260. The van der Waals surface area contributed by atoms with Gasteiger partial charge in [-0.2, -0.15) is 13.9 Å². The summed E-state index contributed by atoms with van der Waals surface area (Å²) in [6.45, 7) is 2.68. The van der Waals surface area contributed by atoms with Gasteiger partial charge in [0, 0.05) is 11.3 Å². The molecule has 0 spiro atoms. The highest BCUT2D eigenvalue weighted by Gasteiger charge is 2.33. The van der Waals surface area contributed by atoms with Gasteiger partial charge in [-0.05, 0) is 13.8 Å². The van der Waals surface area contributed by atoms with Gasteiger partial charge < -0.3 is 0 Å². The Morgan fingerprint density at radius 1 is 1.26 bits per heavy atom. The molecule has 0 fully saturated rings. The van der Waals surface area contributed by atoms with Crippen molar-refractivity contribution in [3.05, 3.63) is 52.8 Å². The van der Waals surface area contributed by atoms with Crippen LogP contribution in [0.4, 0.5) is 8.78 Å². The van der Waals surface area contributed by atoms with Crippen molar-refractivity contribution in [2.24, 2.45) is 0 Å². The van der Waals surface area contributed by atoms with Crippen molar-refractivity contribution in [2.75, 3.05) is 0 Å². The van der Waals surface area contributed by atoms with Crippen LogP contribution in [-0.2, 0) is 12.5 Å². The lowest BCUT2D eigenvalue weighted by Gasteiger charge is -2.17. The molecule has 19 heavy (non-hydrogen) atoms. The van der Waals surface area contributed by atoms with Crippen LogP contribution in [0.5, 0.6) is 0 Å². The highest BCUT2D eigenvalue weighted by atomic mass is 19.3. The quantitative estimate of drug-likeness (QED) is 0.795. The second kappa shape index (κ2) is 4.91. The molecule has 3 nitrogen and oxygen atoms in total. The van der Waals surface area contributed by atoms with E-state index in [-0.39, 0.29) is 5.56 Å². The SMILES string of the molecule is Cc1nn(CC(F)(F)c2ccccc2)c(C)c1C=O. The summed E-state index contributed by atoms with van der Waals surface area (Å²) >= 11 is 0. The third-order valence-electron chi connectivity index (χ3n) is 3.10. The highest BCUT2D eigenvalue weighted by Crippen LogP contribution is 2.30. The number of nitrogens with zero attached hydrogens (tertiary/aromatic N) is 2. The Hall–Kier alpha value is -2.04. The van der Waals surface area contributed by atoms with Gasteiger partial charge in [0.25, 0.3) is 5.92 Å². The number of aromatic nitrogens is 2. The summed E-state index contributed by atoms with van der Waals surface area (Å²) in [4.78, 5) is 10.9. The lowest BCUT2D eigenvalue weighted by atomic mass is 10.1. The molecular weight excluding hydrogens is 250 g/mol. The van der Waals surface area contributed by atoms with Crippen molar-refractivity contribution >= 4 is 6.29 Å². The predicted molar refractivity (Wildman–Crippen MR) is 67.4 cm³/mol. The molecule has 0 aliphatic carbocycles. The highest BCUT2D eigenvalue weighted by molar-refractivity contribution is 5.78. The maximum atomic E-state index is 14.1. The van der Waals surface area contributed by atoms with Crippen LogP contribution in [0.3, 0.4) is 0 Å². The van der Waals surface area contributed by atoms with E-state index in [9.17, 15) is 13.6 Å². The van der Waals surface area contributed by atoms with E-state index in [1.807, 2.05) is 0 Å². The summed E-state index contributed by atoms with van der Waals surface area (Å²) < 4.78 is 29.4. The Kier molecular flexibility index (Phi) is 3.46. The number of rotatable bonds is 4. The Labute approximate surface area is 109 Å². The van der Waals surface area contributed by atoms with Gasteiger partial charge in [-0.1, -0.05) is 30.3 Å². The van der Waals surface area contributed by atoms with E-state index >= 15 is 0 Å². The molecule has 0 aliphatic rings. The van der Waals surface area contributed by atoms with Gasteiger partial charge in [-0.25, -0.2) is 0 Å². The summed E-state index contributed by atoms with van der Waals surface area (Å²) in [5.41, 5.74) is 1.25. The summed E-state index contributed by atoms with van der Waals surface area (Å²) in [7, 11) is 0. The van der Waals surface area contributed by atoms with Gasteiger partial charge in [-0.3, -0.25) is 9.48 Å². The number of aryl methyl sites for hydroxylation is 1.